The van der Waals surface area contributed by atoms with Crippen molar-refractivity contribution in [3.63, 3.8) is 0 Å². The molecular formula is C16H23ClFN3. The maximum absolute atomic E-state index is 13.5. The summed E-state index contributed by atoms with van der Waals surface area (Å²) in [6.07, 6.45) is 1.13. The monoisotopic (exact) mass is 311 g/mol. The molecule has 2 aromatic rings. The van der Waals surface area contributed by atoms with Crippen LogP contribution >= 0.6 is 11.6 Å². The fraction of sp³-hybridized carbons (Fsp3) is 0.562. The lowest BCUT2D eigenvalue weighted by Crippen LogP contribution is -2.28. The lowest BCUT2D eigenvalue weighted by molar-refractivity contribution is 0.276. The Bertz CT molecular complexity index is 594. The molecule has 1 aromatic heterocycles. The van der Waals surface area contributed by atoms with Gasteiger partial charge in [-0.3, -0.25) is 0 Å². The number of aromatic nitrogens is 2. The van der Waals surface area contributed by atoms with Gasteiger partial charge in [-0.15, -0.1) is 11.6 Å². The van der Waals surface area contributed by atoms with E-state index < -0.39 is 0 Å². The fourth-order valence-electron chi connectivity index (χ4n) is 2.64. The highest BCUT2D eigenvalue weighted by Gasteiger charge is 2.16. The van der Waals surface area contributed by atoms with Gasteiger partial charge < -0.3 is 9.47 Å². The van der Waals surface area contributed by atoms with Gasteiger partial charge in [-0.25, -0.2) is 9.37 Å². The number of halogens is 2. The number of alkyl halides is 1. The Kier molecular flexibility index (Phi) is 5.59. The highest BCUT2D eigenvalue weighted by Crippen LogP contribution is 2.25. The summed E-state index contributed by atoms with van der Waals surface area (Å²) in [5, 5.41) is -0.193. The van der Waals surface area contributed by atoms with E-state index in [0.29, 0.717) is 0 Å². The normalized spacial score (nSPS) is 13.2. The van der Waals surface area contributed by atoms with E-state index in [1.807, 2.05) is 6.92 Å². The van der Waals surface area contributed by atoms with Crippen molar-refractivity contribution in [2.24, 2.45) is 0 Å². The van der Waals surface area contributed by atoms with Crippen LogP contribution in [0.25, 0.3) is 11.0 Å². The number of likely N-dealkylation sites (N-methyl/N-ethyl adjacent to an activating group) is 1. The zero-order chi connectivity index (χ0) is 15.4. The Balaban J connectivity index is 2.31. The maximum Gasteiger partial charge on any atom is 0.127 e. The van der Waals surface area contributed by atoms with Crippen LogP contribution in [-0.2, 0) is 6.54 Å². The lowest BCUT2D eigenvalue weighted by atomic mass is 10.3. The number of nitrogens with zero attached hydrogens (tertiary/aromatic N) is 3. The average molecular weight is 312 g/mol. The number of imidazole rings is 1. The van der Waals surface area contributed by atoms with E-state index in [-0.39, 0.29) is 11.2 Å². The van der Waals surface area contributed by atoms with E-state index in [1.165, 1.54) is 6.07 Å². The SMILES string of the molecule is CCCN(CC)CCn1c(C(C)Cl)nc2ccc(F)cc21. The van der Waals surface area contributed by atoms with Gasteiger partial charge in [0.1, 0.15) is 11.6 Å². The van der Waals surface area contributed by atoms with Crippen molar-refractivity contribution < 1.29 is 4.39 Å². The number of fused-ring (bicyclic) bond motifs is 1. The Morgan fingerprint density at radius 1 is 1.33 bits per heavy atom. The fourth-order valence-corrected chi connectivity index (χ4v) is 2.81. The zero-order valence-electron chi connectivity index (χ0n) is 12.9. The van der Waals surface area contributed by atoms with Gasteiger partial charge in [-0.2, -0.15) is 0 Å². The minimum Gasteiger partial charge on any atom is -0.325 e. The minimum atomic E-state index is -0.238. The number of hydrogen-bond donors (Lipinski definition) is 0. The van der Waals surface area contributed by atoms with Crippen LogP contribution in [0.3, 0.4) is 0 Å². The van der Waals surface area contributed by atoms with Gasteiger partial charge >= 0.3 is 0 Å². The molecule has 0 spiro atoms. The molecule has 0 fully saturated rings. The van der Waals surface area contributed by atoms with Crippen LogP contribution in [0, 0.1) is 5.82 Å². The molecule has 3 nitrogen and oxygen atoms in total. The Morgan fingerprint density at radius 3 is 2.71 bits per heavy atom. The van der Waals surface area contributed by atoms with Gasteiger partial charge in [-0.1, -0.05) is 13.8 Å². The Morgan fingerprint density at radius 2 is 2.10 bits per heavy atom. The summed E-state index contributed by atoms with van der Waals surface area (Å²) in [7, 11) is 0. The summed E-state index contributed by atoms with van der Waals surface area (Å²) >= 11 is 6.24. The molecule has 1 heterocycles. The molecule has 5 heteroatoms. The second-order valence-electron chi connectivity index (χ2n) is 5.30. The van der Waals surface area contributed by atoms with Crippen LogP contribution in [0.5, 0.6) is 0 Å². The molecule has 0 N–H and O–H groups in total. The molecule has 0 aliphatic heterocycles. The molecule has 0 saturated heterocycles. The van der Waals surface area contributed by atoms with Crippen LogP contribution < -0.4 is 0 Å². The summed E-state index contributed by atoms with van der Waals surface area (Å²) < 4.78 is 15.6. The molecular weight excluding hydrogens is 289 g/mol. The first-order valence-corrected chi connectivity index (χ1v) is 8.02. The van der Waals surface area contributed by atoms with E-state index >= 15 is 0 Å². The van der Waals surface area contributed by atoms with Gasteiger partial charge in [0.15, 0.2) is 0 Å². The summed E-state index contributed by atoms with van der Waals surface area (Å²) in [6.45, 7) is 10.0. The summed E-state index contributed by atoms with van der Waals surface area (Å²) in [5.41, 5.74) is 1.63. The predicted octanol–water partition coefficient (Wildman–Crippen LogP) is 4.21. The van der Waals surface area contributed by atoms with Crippen molar-refractivity contribution in [2.45, 2.75) is 39.1 Å². The molecule has 116 valence electrons. The van der Waals surface area contributed by atoms with Crippen molar-refractivity contribution in [3.05, 3.63) is 29.8 Å². The van der Waals surface area contributed by atoms with E-state index in [4.69, 9.17) is 11.6 Å². The number of rotatable bonds is 7. The predicted molar refractivity (Wildman–Crippen MR) is 86.4 cm³/mol. The van der Waals surface area contributed by atoms with E-state index in [0.717, 1.165) is 49.5 Å². The van der Waals surface area contributed by atoms with Crippen LogP contribution in [-0.4, -0.2) is 34.1 Å². The molecule has 1 atom stereocenters. The first-order chi connectivity index (χ1) is 10.1. The van der Waals surface area contributed by atoms with E-state index in [1.54, 1.807) is 12.1 Å². The van der Waals surface area contributed by atoms with Crippen molar-refractivity contribution >= 4 is 22.6 Å². The van der Waals surface area contributed by atoms with E-state index in [9.17, 15) is 4.39 Å². The molecule has 1 aromatic carbocycles. The summed E-state index contributed by atoms with van der Waals surface area (Å²) in [4.78, 5) is 6.93. The first-order valence-electron chi connectivity index (χ1n) is 7.58. The lowest BCUT2D eigenvalue weighted by Gasteiger charge is -2.21. The molecule has 21 heavy (non-hydrogen) atoms. The Labute approximate surface area is 130 Å². The third-order valence-electron chi connectivity index (χ3n) is 3.72. The molecule has 0 aliphatic carbocycles. The van der Waals surface area contributed by atoms with Crippen LogP contribution in [0.2, 0.25) is 0 Å². The first kappa shape index (κ1) is 16.2. The second kappa shape index (κ2) is 7.23. The largest absolute Gasteiger partial charge is 0.325 e. The van der Waals surface area contributed by atoms with E-state index in [2.05, 4.69) is 28.3 Å². The molecule has 1 unspecified atom stereocenters. The average Bonchev–Trinajstić information content (AvgIpc) is 2.81. The minimum absolute atomic E-state index is 0.193. The van der Waals surface area contributed by atoms with Gasteiger partial charge in [0.05, 0.1) is 16.4 Å². The van der Waals surface area contributed by atoms with Gasteiger partial charge in [0.2, 0.25) is 0 Å². The topological polar surface area (TPSA) is 21.1 Å². The third-order valence-corrected chi connectivity index (χ3v) is 3.92. The highest BCUT2D eigenvalue weighted by molar-refractivity contribution is 6.20. The standard InChI is InChI=1S/C16H23ClFN3/c1-4-8-20(5-2)9-10-21-15-11-13(18)6-7-14(15)19-16(21)12(3)17/h6-7,11-12H,4-5,8-10H2,1-3H3. The maximum atomic E-state index is 13.5. The van der Waals surface area contributed by atoms with Crippen molar-refractivity contribution in [1.29, 1.82) is 0 Å². The quantitative estimate of drug-likeness (QED) is 0.714. The number of hydrogen-bond acceptors (Lipinski definition) is 2. The van der Waals surface area contributed by atoms with Crippen molar-refractivity contribution in [3.8, 4) is 0 Å². The third kappa shape index (κ3) is 3.74. The van der Waals surface area contributed by atoms with Gasteiger partial charge in [-0.05, 0) is 44.6 Å². The smallest absolute Gasteiger partial charge is 0.127 e. The Hall–Kier alpha value is -1.13. The zero-order valence-corrected chi connectivity index (χ0v) is 13.7. The number of benzene rings is 1. The molecule has 0 saturated carbocycles. The van der Waals surface area contributed by atoms with Crippen LogP contribution in [0.4, 0.5) is 4.39 Å². The highest BCUT2D eigenvalue weighted by atomic mass is 35.5. The molecule has 0 amide bonds. The van der Waals surface area contributed by atoms with Crippen molar-refractivity contribution in [1.82, 2.24) is 14.5 Å². The van der Waals surface area contributed by atoms with Gasteiger partial charge in [0.25, 0.3) is 0 Å². The summed E-state index contributed by atoms with van der Waals surface area (Å²) in [5.74, 6) is 0.572. The molecule has 0 aliphatic rings. The van der Waals surface area contributed by atoms with Crippen LogP contribution in [0.1, 0.15) is 38.4 Å². The van der Waals surface area contributed by atoms with Gasteiger partial charge in [0, 0.05) is 13.1 Å². The molecule has 0 bridgehead atoms. The van der Waals surface area contributed by atoms with Crippen molar-refractivity contribution in [2.75, 3.05) is 19.6 Å². The molecule has 2 rings (SSSR count). The van der Waals surface area contributed by atoms with Crippen LogP contribution in [0.15, 0.2) is 18.2 Å². The summed E-state index contributed by atoms with van der Waals surface area (Å²) in [6, 6.07) is 4.70. The second-order valence-corrected chi connectivity index (χ2v) is 5.96. The molecule has 0 radical (unpaired) electrons.